The maximum absolute atomic E-state index is 11.9. The predicted octanol–water partition coefficient (Wildman–Crippen LogP) is 2.05. The normalized spacial score (nSPS) is 23.3. The van der Waals surface area contributed by atoms with Crippen LogP contribution in [-0.2, 0) is 11.2 Å². The fraction of sp³-hybridized carbons (Fsp3) is 0.714. The lowest BCUT2D eigenvalue weighted by atomic mass is 9.84. The molecule has 1 aromatic rings. The Kier molecular flexibility index (Phi) is 5.34. The molecular formula is C14H22N2O2S. The van der Waals surface area contributed by atoms with Gasteiger partial charge in [-0.3, -0.25) is 4.79 Å². The zero-order valence-corrected chi connectivity index (χ0v) is 12.2. The van der Waals surface area contributed by atoms with Crippen LogP contribution in [0.15, 0.2) is 6.20 Å². The number of amides is 1. The van der Waals surface area contributed by atoms with Gasteiger partial charge in [0.1, 0.15) is 0 Å². The van der Waals surface area contributed by atoms with Crippen molar-refractivity contribution in [2.24, 2.45) is 5.92 Å². The highest BCUT2D eigenvalue weighted by atomic mass is 32.1. The van der Waals surface area contributed by atoms with Gasteiger partial charge in [-0.15, -0.1) is 11.3 Å². The first-order chi connectivity index (χ1) is 9.17. The number of carbonyl (C=O) groups excluding carboxylic acids is 1. The molecule has 19 heavy (non-hydrogen) atoms. The van der Waals surface area contributed by atoms with Gasteiger partial charge in [0.15, 0.2) is 0 Å². The summed E-state index contributed by atoms with van der Waals surface area (Å²) in [4.78, 5) is 17.1. The van der Waals surface area contributed by atoms with E-state index in [0.29, 0.717) is 18.4 Å². The van der Waals surface area contributed by atoms with Gasteiger partial charge >= 0.3 is 0 Å². The number of nitrogens with zero attached hydrogens (tertiary/aromatic N) is 1. The fourth-order valence-electron chi connectivity index (χ4n) is 2.70. The van der Waals surface area contributed by atoms with Crippen molar-refractivity contribution in [1.29, 1.82) is 0 Å². The predicted molar refractivity (Wildman–Crippen MR) is 76.1 cm³/mol. The standard InChI is InChI=1S/C14H22N2O2S/c1-10-15-9-13(19-10)8-14(18)16-12-4-2-11(3-5-12)6-7-17/h9,11-12,17H,2-8H2,1H3,(H,16,18)/t11-,12-. The van der Waals surface area contributed by atoms with Crippen LogP contribution in [0.4, 0.5) is 0 Å². The van der Waals surface area contributed by atoms with Gasteiger partial charge in [-0.05, 0) is 44.9 Å². The molecule has 1 fully saturated rings. The van der Waals surface area contributed by atoms with Gasteiger partial charge in [0.25, 0.3) is 0 Å². The van der Waals surface area contributed by atoms with Crippen LogP contribution in [0.25, 0.3) is 0 Å². The minimum Gasteiger partial charge on any atom is -0.396 e. The molecule has 1 aliphatic rings. The number of aliphatic hydroxyl groups excluding tert-OH is 1. The lowest BCUT2D eigenvalue weighted by Crippen LogP contribution is -2.38. The van der Waals surface area contributed by atoms with Crippen LogP contribution in [0.2, 0.25) is 0 Å². The van der Waals surface area contributed by atoms with Crippen LogP contribution in [0.5, 0.6) is 0 Å². The molecule has 0 aromatic carbocycles. The van der Waals surface area contributed by atoms with Crippen molar-refractivity contribution >= 4 is 17.2 Å². The van der Waals surface area contributed by atoms with E-state index in [2.05, 4.69) is 10.3 Å². The van der Waals surface area contributed by atoms with Crippen LogP contribution in [0.3, 0.4) is 0 Å². The first kappa shape index (κ1) is 14.5. The largest absolute Gasteiger partial charge is 0.396 e. The summed E-state index contributed by atoms with van der Waals surface area (Å²) in [6.07, 6.45) is 7.45. The lowest BCUT2D eigenvalue weighted by Gasteiger charge is -2.28. The highest BCUT2D eigenvalue weighted by Crippen LogP contribution is 2.26. The lowest BCUT2D eigenvalue weighted by molar-refractivity contribution is -0.121. The van der Waals surface area contributed by atoms with Crippen molar-refractivity contribution in [1.82, 2.24) is 10.3 Å². The molecule has 2 N–H and O–H groups in total. The van der Waals surface area contributed by atoms with Gasteiger partial charge in [-0.2, -0.15) is 0 Å². The zero-order chi connectivity index (χ0) is 13.7. The smallest absolute Gasteiger partial charge is 0.225 e. The molecular weight excluding hydrogens is 260 g/mol. The Bertz CT molecular complexity index is 411. The van der Waals surface area contributed by atoms with E-state index in [0.717, 1.165) is 42.0 Å². The molecule has 0 aliphatic heterocycles. The van der Waals surface area contributed by atoms with Crippen molar-refractivity contribution in [3.63, 3.8) is 0 Å². The van der Waals surface area contributed by atoms with Crippen LogP contribution in [0, 0.1) is 12.8 Å². The molecule has 0 saturated heterocycles. The quantitative estimate of drug-likeness (QED) is 0.869. The Hall–Kier alpha value is -0.940. The summed E-state index contributed by atoms with van der Waals surface area (Å²) < 4.78 is 0. The second kappa shape index (κ2) is 7.01. The van der Waals surface area contributed by atoms with E-state index >= 15 is 0 Å². The molecule has 1 aliphatic carbocycles. The average Bonchev–Trinajstić information content (AvgIpc) is 2.77. The molecule has 106 valence electrons. The van der Waals surface area contributed by atoms with Gasteiger partial charge in [-0.25, -0.2) is 4.98 Å². The number of aliphatic hydroxyl groups is 1. The summed E-state index contributed by atoms with van der Waals surface area (Å²) in [5.74, 6) is 0.747. The van der Waals surface area contributed by atoms with E-state index in [-0.39, 0.29) is 12.5 Å². The van der Waals surface area contributed by atoms with Gasteiger partial charge in [0, 0.05) is 23.7 Å². The maximum Gasteiger partial charge on any atom is 0.225 e. The van der Waals surface area contributed by atoms with E-state index < -0.39 is 0 Å². The van der Waals surface area contributed by atoms with E-state index in [9.17, 15) is 4.79 Å². The first-order valence-electron chi connectivity index (χ1n) is 6.99. The summed E-state index contributed by atoms with van der Waals surface area (Å²) in [6, 6.07) is 0.316. The molecule has 1 amide bonds. The molecule has 0 unspecified atom stereocenters. The number of hydrogen-bond donors (Lipinski definition) is 2. The van der Waals surface area contributed by atoms with Gasteiger partial charge in [-0.1, -0.05) is 0 Å². The topological polar surface area (TPSA) is 62.2 Å². The second-order valence-electron chi connectivity index (χ2n) is 5.32. The van der Waals surface area contributed by atoms with Crippen LogP contribution in [-0.4, -0.2) is 28.6 Å². The molecule has 0 radical (unpaired) electrons. The van der Waals surface area contributed by atoms with Crippen LogP contribution < -0.4 is 5.32 Å². The Labute approximate surface area is 118 Å². The number of carbonyl (C=O) groups is 1. The Morgan fingerprint density at radius 3 is 2.79 bits per heavy atom. The van der Waals surface area contributed by atoms with Crippen molar-refractivity contribution in [3.05, 3.63) is 16.1 Å². The van der Waals surface area contributed by atoms with E-state index in [1.54, 1.807) is 17.5 Å². The summed E-state index contributed by atoms with van der Waals surface area (Å²) in [7, 11) is 0. The van der Waals surface area contributed by atoms with Crippen molar-refractivity contribution in [3.8, 4) is 0 Å². The Morgan fingerprint density at radius 2 is 2.21 bits per heavy atom. The Balaban J connectivity index is 1.71. The highest BCUT2D eigenvalue weighted by molar-refractivity contribution is 7.11. The van der Waals surface area contributed by atoms with Gasteiger partial charge in [0.2, 0.25) is 5.91 Å². The highest BCUT2D eigenvalue weighted by Gasteiger charge is 2.22. The number of hydrogen-bond acceptors (Lipinski definition) is 4. The van der Waals surface area contributed by atoms with Crippen LogP contribution in [0.1, 0.15) is 42.0 Å². The Morgan fingerprint density at radius 1 is 1.47 bits per heavy atom. The third kappa shape index (κ3) is 4.58. The molecule has 5 heteroatoms. The third-order valence-electron chi connectivity index (χ3n) is 3.75. The summed E-state index contributed by atoms with van der Waals surface area (Å²) in [6.45, 7) is 2.24. The summed E-state index contributed by atoms with van der Waals surface area (Å²) in [5, 5.41) is 13.0. The van der Waals surface area contributed by atoms with Crippen molar-refractivity contribution in [2.75, 3.05) is 6.61 Å². The summed E-state index contributed by atoms with van der Waals surface area (Å²) >= 11 is 1.59. The van der Waals surface area contributed by atoms with Gasteiger partial charge in [0.05, 0.1) is 11.4 Å². The SMILES string of the molecule is Cc1ncc(CC(=O)N[C@H]2CC[C@H](CCO)CC2)s1. The molecule has 1 aromatic heterocycles. The molecule has 2 rings (SSSR count). The monoisotopic (exact) mass is 282 g/mol. The van der Waals surface area contributed by atoms with Crippen LogP contribution >= 0.6 is 11.3 Å². The second-order valence-corrected chi connectivity index (χ2v) is 6.64. The maximum atomic E-state index is 11.9. The fourth-order valence-corrected chi connectivity index (χ4v) is 3.50. The first-order valence-corrected chi connectivity index (χ1v) is 7.80. The van der Waals surface area contributed by atoms with Crippen molar-refractivity contribution < 1.29 is 9.90 Å². The van der Waals surface area contributed by atoms with Crippen molar-refractivity contribution in [2.45, 2.75) is 51.5 Å². The molecule has 1 heterocycles. The summed E-state index contributed by atoms with van der Waals surface area (Å²) in [5.41, 5.74) is 0. The number of rotatable bonds is 5. The van der Waals surface area contributed by atoms with E-state index in [4.69, 9.17) is 5.11 Å². The average molecular weight is 282 g/mol. The molecule has 1 saturated carbocycles. The number of thiazole rings is 1. The third-order valence-corrected chi connectivity index (χ3v) is 4.67. The minimum atomic E-state index is 0.106. The number of nitrogens with one attached hydrogen (secondary N) is 1. The van der Waals surface area contributed by atoms with E-state index in [1.807, 2.05) is 6.92 Å². The minimum absolute atomic E-state index is 0.106. The molecule has 4 nitrogen and oxygen atoms in total. The molecule has 0 spiro atoms. The van der Waals surface area contributed by atoms with Gasteiger partial charge < -0.3 is 10.4 Å². The molecule has 0 bridgehead atoms. The number of aromatic nitrogens is 1. The molecule has 0 atom stereocenters. The van der Waals surface area contributed by atoms with E-state index in [1.165, 1.54) is 0 Å². The number of aryl methyl sites for hydroxylation is 1. The zero-order valence-electron chi connectivity index (χ0n) is 11.4.